The van der Waals surface area contributed by atoms with Crippen molar-refractivity contribution in [2.45, 2.75) is 57.2 Å². The van der Waals surface area contributed by atoms with Gasteiger partial charge in [-0.25, -0.2) is 0 Å². The van der Waals surface area contributed by atoms with Crippen LogP contribution >= 0.6 is 0 Å². The highest BCUT2D eigenvalue weighted by molar-refractivity contribution is 6.01. The zero-order valence-electron chi connectivity index (χ0n) is 16.5. The third-order valence-corrected chi connectivity index (χ3v) is 5.63. The van der Waals surface area contributed by atoms with Crippen molar-refractivity contribution in [3.05, 3.63) is 24.2 Å². The lowest BCUT2D eigenvalue weighted by Crippen LogP contribution is -2.47. The highest BCUT2D eigenvalue weighted by atomic mass is 15.3. The molecular weight excluding hydrogens is 368 g/mol. The topological polar surface area (TPSA) is 144 Å². The van der Waals surface area contributed by atoms with Crippen LogP contribution in [0.3, 0.4) is 0 Å². The number of nitrogens with one attached hydrogen (secondary N) is 3. The molecule has 0 spiro atoms. The molecule has 0 aromatic carbocycles. The Morgan fingerprint density at radius 1 is 1.41 bits per heavy atom. The van der Waals surface area contributed by atoms with Gasteiger partial charge in [-0.2, -0.15) is 10.2 Å². The molecule has 10 heteroatoms. The van der Waals surface area contributed by atoms with Crippen molar-refractivity contribution >= 4 is 23.2 Å². The van der Waals surface area contributed by atoms with Crippen molar-refractivity contribution in [3.8, 4) is 6.07 Å². The second kappa shape index (κ2) is 8.05. The highest BCUT2D eigenvalue weighted by Crippen LogP contribution is 2.36. The number of rotatable bonds is 6. The number of allylic oxidation sites excluding steroid dienone is 1. The minimum atomic E-state index is 0.163. The Morgan fingerprint density at radius 2 is 2.17 bits per heavy atom. The van der Waals surface area contributed by atoms with Gasteiger partial charge in [0, 0.05) is 42.9 Å². The zero-order valence-corrected chi connectivity index (χ0v) is 16.5. The van der Waals surface area contributed by atoms with Gasteiger partial charge in [0.25, 0.3) is 0 Å². The van der Waals surface area contributed by atoms with E-state index in [1.807, 2.05) is 4.40 Å². The van der Waals surface area contributed by atoms with Crippen LogP contribution in [0.4, 0.5) is 11.8 Å². The summed E-state index contributed by atoms with van der Waals surface area (Å²) in [5.41, 5.74) is 6.85. The molecule has 2 bridgehead atoms. The largest absolute Gasteiger partial charge is 0.402 e. The first-order valence-electron chi connectivity index (χ1n) is 9.93. The SMILES string of the molecule is C/C(N)=C/C(=N)Nc1cc2nncn2c(N[C@@H]2C[C@H]3CC[C@@H](C2)N3CCC#N)n1. The lowest BCUT2D eigenvalue weighted by molar-refractivity contribution is 0.135. The van der Waals surface area contributed by atoms with E-state index >= 15 is 0 Å². The molecule has 0 saturated carbocycles. The summed E-state index contributed by atoms with van der Waals surface area (Å²) in [6.07, 6.45) is 8.19. The van der Waals surface area contributed by atoms with Gasteiger partial charge in [0.2, 0.25) is 5.95 Å². The highest BCUT2D eigenvalue weighted by Gasteiger charge is 2.40. The molecule has 0 amide bonds. The summed E-state index contributed by atoms with van der Waals surface area (Å²) in [5.74, 6) is 1.34. The molecule has 4 rings (SSSR count). The van der Waals surface area contributed by atoms with Crippen molar-refractivity contribution in [2.24, 2.45) is 5.73 Å². The van der Waals surface area contributed by atoms with Crippen molar-refractivity contribution in [1.29, 1.82) is 10.7 Å². The van der Waals surface area contributed by atoms with Crippen LogP contribution in [0.25, 0.3) is 5.65 Å². The van der Waals surface area contributed by atoms with Crippen molar-refractivity contribution < 1.29 is 0 Å². The number of hydrogen-bond acceptors (Lipinski definition) is 8. The number of nitriles is 1. The van der Waals surface area contributed by atoms with Gasteiger partial charge in [-0.3, -0.25) is 14.7 Å². The third-order valence-electron chi connectivity index (χ3n) is 5.63. The van der Waals surface area contributed by atoms with Gasteiger partial charge in [0.05, 0.1) is 6.07 Å². The maximum Gasteiger partial charge on any atom is 0.212 e. The van der Waals surface area contributed by atoms with Gasteiger partial charge in [-0.1, -0.05) is 0 Å². The van der Waals surface area contributed by atoms with Crippen LogP contribution in [0.15, 0.2) is 24.2 Å². The van der Waals surface area contributed by atoms with Gasteiger partial charge in [-0.05, 0) is 38.7 Å². The first kappa shape index (κ1) is 19.1. The fourth-order valence-corrected chi connectivity index (χ4v) is 4.51. The van der Waals surface area contributed by atoms with E-state index in [0.29, 0.717) is 47.7 Å². The quantitative estimate of drug-likeness (QED) is 0.428. The molecule has 2 aromatic heterocycles. The minimum absolute atomic E-state index is 0.163. The Kier molecular flexibility index (Phi) is 5.31. The number of piperidine rings is 1. The number of anilines is 2. The Bertz CT molecular complexity index is 953. The summed E-state index contributed by atoms with van der Waals surface area (Å²) in [6, 6.07) is 5.35. The molecule has 2 saturated heterocycles. The number of fused-ring (bicyclic) bond motifs is 3. The number of nitrogens with zero attached hydrogens (tertiary/aromatic N) is 6. The molecule has 2 aliphatic heterocycles. The van der Waals surface area contributed by atoms with Crippen LogP contribution in [-0.2, 0) is 0 Å². The number of hydrogen-bond donors (Lipinski definition) is 4. The Balaban J connectivity index is 1.51. The van der Waals surface area contributed by atoms with E-state index in [9.17, 15) is 0 Å². The fraction of sp³-hybridized carbons (Fsp3) is 0.526. The molecule has 2 aliphatic rings. The molecule has 4 heterocycles. The standard InChI is InChI=1S/C19H26N10/c1-12(21)7-16(22)25-17-10-18-27-23-11-29(18)19(26-17)24-13-8-14-3-4-15(9-13)28(14)6-2-5-20/h7,10-11,13-15H,2-4,6,8-9,21H2,1H3,(H2,22,25)(H,24,26)/b12-7-/t13-,14-,15+. The minimum Gasteiger partial charge on any atom is -0.402 e. The summed E-state index contributed by atoms with van der Waals surface area (Å²) in [5, 5.41) is 31.5. The van der Waals surface area contributed by atoms with E-state index < -0.39 is 0 Å². The monoisotopic (exact) mass is 394 g/mol. The van der Waals surface area contributed by atoms with Gasteiger partial charge in [-0.15, -0.1) is 10.2 Å². The summed E-state index contributed by atoms with van der Waals surface area (Å²) >= 11 is 0. The lowest BCUT2D eigenvalue weighted by Gasteiger charge is -2.39. The zero-order chi connectivity index (χ0) is 20.4. The molecule has 5 N–H and O–H groups in total. The number of nitrogens with two attached hydrogens (primary N) is 1. The predicted molar refractivity (Wildman–Crippen MR) is 110 cm³/mol. The van der Waals surface area contributed by atoms with Gasteiger partial charge >= 0.3 is 0 Å². The van der Waals surface area contributed by atoms with Crippen molar-refractivity contribution in [1.82, 2.24) is 24.5 Å². The van der Waals surface area contributed by atoms with Gasteiger partial charge in [0.1, 0.15) is 18.0 Å². The van der Waals surface area contributed by atoms with Crippen LogP contribution in [0, 0.1) is 16.7 Å². The molecular formula is C19H26N10. The van der Waals surface area contributed by atoms with E-state index in [0.717, 1.165) is 19.4 Å². The lowest BCUT2D eigenvalue weighted by atomic mass is 9.97. The summed E-state index contributed by atoms with van der Waals surface area (Å²) in [6.45, 7) is 2.59. The summed E-state index contributed by atoms with van der Waals surface area (Å²) in [4.78, 5) is 7.15. The van der Waals surface area contributed by atoms with E-state index in [2.05, 4.69) is 36.8 Å². The van der Waals surface area contributed by atoms with E-state index in [-0.39, 0.29) is 5.84 Å². The summed E-state index contributed by atoms with van der Waals surface area (Å²) in [7, 11) is 0. The summed E-state index contributed by atoms with van der Waals surface area (Å²) < 4.78 is 1.82. The average Bonchev–Trinajstić information content (AvgIpc) is 3.21. The van der Waals surface area contributed by atoms with Gasteiger partial charge < -0.3 is 16.4 Å². The van der Waals surface area contributed by atoms with E-state index in [1.165, 1.54) is 18.9 Å². The molecule has 0 aliphatic carbocycles. The third kappa shape index (κ3) is 4.14. The molecule has 2 aromatic rings. The molecule has 2 fully saturated rings. The first-order chi connectivity index (χ1) is 14.0. The van der Waals surface area contributed by atoms with E-state index in [1.54, 1.807) is 19.3 Å². The molecule has 0 radical (unpaired) electrons. The Morgan fingerprint density at radius 3 is 2.86 bits per heavy atom. The van der Waals surface area contributed by atoms with Crippen LogP contribution in [-0.4, -0.2) is 55.0 Å². The first-order valence-corrected chi connectivity index (χ1v) is 9.93. The number of aromatic nitrogens is 4. The number of amidine groups is 1. The van der Waals surface area contributed by atoms with Crippen molar-refractivity contribution in [3.63, 3.8) is 0 Å². The smallest absolute Gasteiger partial charge is 0.212 e. The van der Waals surface area contributed by atoms with Crippen LogP contribution in [0.2, 0.25) is 0 Å². The van der Waals surface area contributed by atoms with Crippen LogP contribution in [0.5, 0.6) is 0 Å². The van der Waals surface area contributed by atoms with Crippen molar-refractivity contribution in [2.75, 3.05) is 17.2 Å². The molecule has 152 valence electrons. The van der Waals surface area contributed by atoms with E-state index in [4.69, 9.17) is 16.4 Å². The predicted octanol–water partition coefficient (Wildman–Crippen LogP) is 1.70. The molecule has 0 unspecified atom stereocenters. The Hall–Kier alpha value is -3.19. The average molecular weight is 394 g/mol. The fourth-order valence-electron chi connectivity index (χ4n) is 4.51. The second-order valence-electron chi connectivity index (χ2n) is 7.79. The second-order valence-corrected chi connectivity index (χ2v) is 7.79. The Labute approximate surface area is 169 Å². The maximum atomic E-state index is 8.91. The molecule has 10 nitrogen and oxygen atoms in total. The van der Waals surface area contributed by atoms with Crippen LogP contribution < -0.4 is 16.4 Å². The normalized spacial score (nSPS) is 24.4. The van der Waals surface area contributed by atoms with Gasteiger partial charge in [0.15, 0.2) is 5.65 Å². The molecule has 29 heavy (non-hydrogen) atoms. The van der Waals surface area contributed by atoms with Crippen LogP contribution in [0.1, 0.15) is 39.0 Å². The molecule has 3 atom stereocenters. The maximum absolute atomic E-state index is 8.91.